The van der Waals surface area contributed by atoms with E-state index in [1.807, 2.05) is 13.8 Å². The number of aryl methyl sites for hydroxylation is 1. The maximum absolute atomic E-state index is 14.2. The zero-order chi connectivity index (χ0) is 40.1. The summed E-state index contributed by atoms with van der Waals surface area (Å²) in [6.07, 6.45) is -2.03. The highest BCUT2D eigenvalue weighted by molar-refractivity contribution is 6.40. The second kappa shape index (κ2) is 14.6. The Balaban J connectivity index is 1.29. The van der Waals surface area contributed by atoms with E-state index in [-0.39, 0.29) is 44.8 Å². The molecule has 2 amide bonds. The van der Waals surface area contributed by atoms with Crippen LogP contribution in [0.2, 0.25) is 0 Å². The first-order valence-corrected chi connectivity index (χ1v) is 18.1. The summed E-state index contributed by atoms with van der Waals surface area (Å²) >= 11 is 0. The summed E-state index contributed by atoms with van der Waals surface area (Å²) in [6.45, 7) is 6.69. The fourth-order valence-corrected chi connectivity index (χ4v) is 7.52. The van der Waals surface area contributed by atoms with E-state index in [0.29, 0.717) is 0 Å². The number of aliphatic hydroxyl groups excluding tert-OH is 1. The Morgan fingerprint density at radius 2 is 1.27 bits per heavy atom. The van der Waals surface area contributed by atoms with Gasteiger partial charge in [0.1, 0.15) is 18.8 Å². The van der Waals surface area contributed by atoms with Gasteiger partial charge in [-0.05, 0) is 99.0 Å². The molecule has 3 aromatic carbocycles. The van der Waals surface area contributed by atoms with Gasteiger partial charge in [0.05, 0.1) is 33.7 Å². The third kappa shape index (κ3) is 7.39. The van der Waals surface area contributed by atoms with Crippen LogP contribution in [0.25, 0.3) is 5.57 Å². The highest BCUT2D eigenvalue weighted by Gasteiger charge is 2.41. The van der Waals surface area contributed by atoms with E-state index in [4.69, 9.17) is 0 Å². The number of allylic oxidation sites excluding steroid dienone is 5. The Morgan fingerprint density at radius 3 is 1.79 bits per heavy atom. The summed E-state index contributed by atoms with van der Waals surface area (Å²) < 4.78 is 81.4. The fourth-order valence-electron chi connectivity index (χ4n) is 7.52. The van der Waals surface area contributed by atoms with Crippen molar-refractivity contribution in [3.8, 4) is 0 Å². The van der Waals surface area contributed by atoms with E-state index in [9.17, 15) is 45.8 Å². The molecular weight excluding hydrogens is 738 g/mol. The largest absolute Gasteiger partial charge is 0.506 e. The lowest BCUT2D eigenvalue weighted by molar-refractivity contribution is -0.504. The predicted octanol–water partition coefficient (Wildman–Crippen LogP) is 8.55. The molecule has 2 heterocycles. The van der Waals surface area contributed by atoms with Crippen LogP contribution < -0.4 is 15.5 Å². The van der Waals surface area contributed by atoms with Gasteiger partial charge in [0.2, 0.25) is 11.5 Å². The van der Waals surface area contributed by atoms with Crippen molar-refractivity contribution >= 4 is 40.3 Å². The Morgan fingerprint density at radius 1 is 0.732 bits per heavy atom. The molecule has 4 aliphatic rings. The number of nitrogens with zero attached hydrogens (tertiary/aromatic N) is 2. The van der Waals surface area contributed by atoms with Crippen molar-refractivity contribution in [2.75, 3.05) is 36.4 Å². The van der Waals surface area contributed by atoms with Gasteiger partial charge in [0.15, 0.2) is 0 Å². The van der Waals surface area contributed by atoms with Gasteiger partial charge in [-0.2, -0.15) is 26.3 Å². The standard InChI is InChI=1S/C42H36F6N4O4/c1-23-19-29(31(21-33(23)51-15-3-4-16-51)49-39(55)25-7-11-27(12-8-25)41(43,44)45)35-37(53)36(38(35)54)30-20-24(2)34(52-17-5-6-18-52)22-32(30)50-40(56)26-9-13-28(14-10-26)42(46,47)48/h7-14,19-22H,3-6,15-18H2,1-2H3,(H2,49,50,53,54,55,56)/p+1. The van der Waals surface area contributed by atoms with E-state index >= 15 is 0 Å². The molecular formula is C42H37F6N4O4+. The minimum Gasteiger partial charge on any atom is -0.506 e. The first-order chi connectivity index (χ1) is 26.5. The molecule has 2 aliphatic heterocycles. The number of rotatable bonds is 6. The zero-order valence-corrected chi connectivity index (χ0v) is 30.4. The van der Waals surface area contributed by atoms with Crippen molar-refractivity contribution in [3.63, 3.8) is 0 Å². The lowest BCUT2D eigenvalue weighted by atomic mass is 9.77. The second-order valence-electron chi connectivity index (χ2n) is 14.2. The molecule has 3 aromatic rings. The van der Waals surface area contributed by atoms with Crippen LogP contribution in [0.3, 0.4) is 0 Å². The maximum atomic E-state index is 14.2. The van der Waals surface area contributed by atoms with Crippen molar-refractivity contribution in [1.29, 1.82) is 0 Å². The molecule has 0 aromatic heterocycles. The molecule has 0 unspecified atom stereocenters. The Hall–Kier alpha value is -5.92. The van der Waals surface area contributed by atoms with Crippen molar-refractivity contribution in [2.45, 2.75) is 51.9 Å². The molecule has 56 heavy (non-hydrogen) atoms. The van der Waals surface area contributed by atoms with Crippen LogP contribution in [-0.2, 0) is 17.1 Å². The average Bonchev–Trinajstić information content (AvgIpc) is 3.89. The quantitative estimate of drug-likeness (QED) is 0.132. The van der Waals surface area contributed by atoms with Gasteiger partial charge in [0.25, 0.3) is 11.8 Å². The number of carbonyl (C=O) groups excluding carboxylic acids is 3. The number of Topliss-reactive ketones (excluding diaryl/α,β-unsaturated/α-hetero) is 1. The van der Waals surface area contributed by atoms with Crippen LogP contribution in [0.5, 0.6) is 0 Å². The summed E-state index contributed by atoms with van der Waals surface area (Å²) in [5.74, 6) is -2.46. The number of alkyl halides is 6. The predicted molar refractivity (Wildman–Crippen MR) is 199 cm³/mol. The summed E-state index contributed by atoms with van der Waals surface area (Å²) in [5, 5.41) is 17.2. The highest BCUT2D eigenvalue weighted by Crippen LogP contribution is 2.45. The maximum Gasteiger partial charge on any atom is 0.416 e. The molecule has 2 aliphatic carbocycles. The topological polar surface area (TPSA) is 102 Å². The van der Waals surface area contributed by atoms with Crippen molar-refractivity contribution < 1.29 is 50.4 Å². The number of benzene rings is 3. The summed E-state index contributed by atoms with van der Waals surface area (Å²) in [6, 6.07) is 10.8. The van der Waals surface area contributed by atoms with E-state index in [2.05, 4.69) is 20.1 Å². The molecule has 0 radical (unpaired) electrons. The number of nitrogens with one attached hydrogen (secondary N) is 2. The van der Waals surface area contributed by atoms with Crippen LogP contribution in [0, 0.1) is 6.92 Å². The monoisotopic (exact) mass is 775 g/mol. The van der Waals surface area contributed by atoms with Crippen LogP contribution in [0.1, 0.15) is 75.6 Å². The molecule has 0 spiro atoms. The number of hydrogen-bond donors (Lipinski definition) is 3. The van der Waals surface area contributed by atoms with Gasteiger partial charge in [-0.25, -0.2) is 4.58 Å². The van der Waals surface area contributed by atoms with Crippen molar-refractivity contribution in [2.24, 2.45) is 0 Å². The van der Waals surface area contributed by atoms with E-state index < -0.39 is 46.8 Å². The molecule has 3 N–H and O–H groups in total. The van der Waals surface area contributed by atoms with Gasteiger partial charge in [-0.15, -0.1) is 0 Å². The van der Waals surface area contributed by atoms with E-state index in [0.717, 1.165) is 123 Å². The van der Waals surface area contributed by atoms with Gasteiger partial charge in [-0.1, -0.05) is 0 Å². The lowest BCUT2D eigenvalue weighted by Crippen LogP contribution is -2.32. The lowest BCUT2D eigenvalue weighted by Gasteiger charge is -2.29. The molecule has 0 saturated carbocycles. The molecule has 0 bridgehead atoms. The van der Waals surface area contributed by atoms with Gasteiger partial charge >= 0.3 is 12.4 Å². The second-order valence-corrected chi connectivity index (χ2v) is 14.2. The molecule has 2 fully saturated rings. The number of anilines is 2. The third-order valence-electron chi connectivity index (χ3n) is 10.5. The molecule has 290 valence electrons. The van der Waals surface area contributed by atoms with Crippen LogP contribution in [-0.4, -0.2) is 59.2 Å². The number of ketones is 1. The summed E-state index contributed by atoms with van der Waals surface area (Å²) in [7, 11) is 0. The van der Waals surface area contributed by atoms with Crippen LogP contribution in [0.4, 0.5) is 37.7 Å². The average molecular weight is 776 g/mol. The highest BCUT2D eigenvalue weighted by atomic mass is 19.4. The minimum absolute atomic E-state index is 0.0559. The fraction of sp³-hybridized carbons (Fsp3) is 0.286. The Bertz CT molecular complexity index is 2300. The normalized spacial score (nSPS) is 18.9. The summed E-state index contributed by atoms with van der Waals surface area (Å²) in [4.78, 5) is 43.3. The van der Waals surface area contributed by atoms with Gasteiger partial charge in [-0.3, -0.25) is 14.4 Å². The van der Waals surface area contributed by atoms with Crippen molar-refractivity contribution in [3.05, 3.63) is 134 Å². The third-order valence-corrected chi connectivity index (χ3v) is 10.5. The minimum atomic E-state index is -4.59. The first kappa shape index (κ1) is 38.4. The smallest absolute Gasteiger partial charge is 0.416 e. The Labute approximate surface area is 318 Å². The van der Waals surface area contributed by atoms with E-state index in [1.54, 1.807) is 24.3 Å². The van der Waals surface area contributed by atoms with Gasteiger partial charge in [0, 0.05) is 65.5 Å². The SMILES string of the molecule is CC1=C/C(=C2/C(=O)C(c3cc(C)c(N4CCCC4)cc3NC(=O)c3ccc(C(F)(F)F)cc3)=C2O)C(NC(=O)c2ccc(C(F)(F)F)cc2)=CC1=[N+]1CCCC1. The molecule has 2 saturated heterocycles. The number of aliphatic hydroxyl groups is 1. The van der Waals surface area contributed by atoms with Crippen LogP contribution in [0.15, 0.2) is 101 Å². The van der Waals surface area contributed by atoms with Crippen LogP contribution >= 0.6 is 0 Å². The first-order valence-electron chi connectivity index (χ1n) is 18.1. The molecule has 7 rings (SSSR count). The van der Waals surface area contributed by atoms with Crippen molar-refractivity contribution in [1.82, 2.24) is 5.32 Å². The molecule has 14 heteroatoms. The molecule has 0 atom stereocenters. The number of hydrogen-bond acceptors (Lipinski definition) is 5. The summed E-state index contributed by atoms with van der Waals surface area (Å²) in [5.41, 5.74) is 1.61. The number of amides is 2. The zero-order valence-electron chi connectivity index (χ0n) is 30.4. The van der Waals surface area contributed by atoms with E-state index in [1.165, 1.54) is 0 Å². The van der Waals surface area contributed by atoms with Gasteiger partial charge < -0.3 is 20.6 Å². The number of halogens is 6. The molecule has 8 nitrogen and oxygen atoms in total. The Kier molecular flexibility index (Phi) is 10.0. The number of carbonyl (C=O) groups is 3.